The first kappa shape index (κ1) is 11.9. The van der Waals surface area contributed by atoms with E-state index in [4.69, 9.17) is 0 Å². The van der Waals surface area contributed by atoms with Crippen molar-refractivity contribution in [3.05, 3.63) is 34.7 Å². The average Bonchev–Trinajstić information content (AvgIpc) is 2.65. The fraction of sp³-hybridized carbons (Fsp3) is 0.333. The predicted octanol–water partition coefficient (Wildman–Crippen LogP) is 2.53. The SMILES string of the molecule is Cc1c(C(O)C(O)CS)sc2ccccc12. The molecule has 2 N–H and O–H groups in total. The first-order chi connectivity index (χ1) is 7.65. The first-order valence-electron chi connectivity index (χ1n) is 5.10. The maximum absolute atomic E-state index is 9.98. The van der Waals surface area contributed by atoms with Crippen LogP contribution >= 0.6 is 24.0 Å². The van der Waals surface area contributed by atoms with Gasteiger partial charge in [-0.1, -0.05) is 18.2 Å². The Hall–Kier alpha value is -0.550. The normalized spacial score (nSPS) is 15.2. The van der Waals surface area contributed by atoms with E-state index < -0.39 is 12.2 Å². The molecule has 0 radical (unpaired) electrons. The molecule has 0 bridgehead atoms. The van der Waals surface area contributed by atoms with Gasteiger partial charge in [0.25, 0.3) is 0 Å². The Morgan fingerprint density at radius 2 is 2.00 bits per heavy atom. The molecule has 0 saturated heterocycles. The van der Waals surface area contributed by atoms with Gasteiger partial charge in [-0.25, -0.2) is 0 Å². The van der Waals surface area contributed by atoms with Gasteiger partial charge in [-0.15, -0.1) is 11.3 Å². The van der Waals surface area contributed by atoms with Gasteiger partial charge in [0.2, 0.25) is 0 Å². The number of rotatable bonds is 3. The third-order valence-corrected chi connectivity index (χ3v) is 4.42. The van der Waals surface area contributed by atoms with E-state index in [-0.39, 0.29) is 5.75 Å². The summed E-state index contributed by atoms with van der Waals surface area (Å²) in [6.45, 7) is 1.97. The number of fused-ring (bicyclic) bond motifs is 1. The minimum Gasteiger partial charge on any atom is -0.389 e. The molecule has 16 heavy (non-hydrogen) atoms. The van der Waals surface area contributed by atoms with E-state index in [1.165, 1.54) is 11.3 Å². The number of aryl methyl sites for hydroxylation is 1. The molecule has 1 heterocycles. The Morgan fingerprint density at radius 1 is 1.31 bits per heavy atom. The fourth-order valence-electron chi connectivity index (χ4n) is 1.75. The number of aliphatic hydroxyl groups is 2. The van der Waals surface area contributed by atoms with Crippen molar-refractivity contribution in [2.24, 2.45) is 0 Å². The Bertz CT molecular complexity index is 493. The number of thiol groups is 1. The molecule has 2 unspecified atom stereocenters. The van der Waals surface area contributed by atoms with Gasteiger partial charge in [-0.2, -0.15) is 12.6 Å². The molecule has 0 saturated carbocycles. The lowest BCUT2D eigenvalue weighted by atomic mass is 10.1. The molecule has 0 aliphatic rings. The van der Waals surface area contributed by atoms with Crippen LogP contribution in [0.25, 0.3) is 10.1 Å². The molecule has 0 aliphatic carbocycles. The van der Waals surface area contributed by atoms with Crippen LogP contribution in [0.1, 0.15) is 16.5 Å². The highest BCUT2D eigenvalue weighted by Gasteiger charge is 2.21. The molecule has 4 heteroatoms. The van der Waals surface area contributed by atoms with E-state index in [0.717, 1.165) is 20.5 Å². The Balaban J connectivity index is 2.49. The van der Waals surface area contributed by atoms with E-state index in [1.54, 1.807) is 0 Å². The van der Waals surface area contributed by atoms with Crippen LogP contribution < -0.4 is 0 Å². The van der Waals surface area contributed by atoms with Crippen LogP contribution in [0.15, 0.2) is 24.3 Å². The summed E-state index contributed by atoms with van der Waals surface area (Å²) in [5.41, 5.74) is 1.05. The highest BCUT2D eigenvalue weighted by Crippen LogP contribution is 2.35. The van der Waals surface area contributed by atoms with Gasteiger partial charge in [-0.05, 0) is 23.9 Å². The van der Waals surface area contributed by atoms with Crippen LogP contribution in [-0.4, -0.2) is 22.1 Å². The maximum Gasteiger partial charge on any atom is 0.115 e. The molecule has 0 spiro atoms. The standard InChI is InChI=1S/C12H14O2S2/c1-7-8-4-2-3-5-10(8)16-12(7)11(14)9(13)6-15/h2-5,9,11,13-15H,6H2,1H3. The van der Waals surface area contributed by atoms with Crippen molar-refractivity contribution in [3.8, 4) is 0 Å². The monoisotopic (exact) mass is 254 g/mol. The molecule has 86 valence electrons. The zero-order chi connectivity index (χ0) is 11.7. The van der Waals surface area contributed by atoms with Crippen LogP contribution in [0.5, 0.6) is 0 Å². The minimum atomic E-state index is -0.838. The molecule has 1 aromatic carbocycles. The maximum atomic E-state index is 9.98. The second-order valence-corrected chi connectivity index (χ2v) is 5.23. The van der Waals surface area contributed by atoms with Gasteiger partial charge in [0.05, 0.1) is 6.10 Å². The zero-order valence-corrected chi connectivity index (χ0v) is 10.6. The summed E-state index contributed by atoms with van der Waals surface area (Å²) in [6, 6.07) is 8.01. The van der Waals surface area contributed by atoms with Crippen molar-refractivity contribution < 1.29 is 10.2 Å². The van der Waals surface area contributed by atoms with Gasteiger partial charge in [0.15, 0.2) is 0 Å². The van der Waals surface area contributed by atoms with Crippen molar-refractivity contribution in [2.75, 3.05) is 5.75 Å². The second kappa shape index (κ2) is 4.75. The molecule has 2 atom stereocenters. The predicted molar refractivity (Wildman–Crippen MR) is 71.4 cm³/mol. The van der Waals surface area contributed by atoms with E-state index in [1.807, 2.05) is 31.2 Å². The molecule has 2 aromatic rings. The van der Waals surface area contributed by atoms with Gasteiger partial charge < -0.3 is 10.2 Å². The van der Waals surface area contributed by atoms with Crippen LogP contribution in [0, 0.1) is 6.92 Å². The number of hydrogen-bond donors (Lipinski definition) is 3. The largest absolute Gasteiger partial charge is 0.389 e. The summed E-state index contributed by atoms with van der Waals surface area (Å²) in [6.07, 6.45) is -1.65. The molecule has 2 nitrogen and oxygen atoms in total. The third kappa shape index (κ3) is 1.98. The summed E-state index contributed by atoms with van der Waals surface area (Å²) in [7, 11) is 0. The van der Waals surface area contributed by atoms with Crippen LogP contribution in [0.2, 0.25) is 0 Å². The van der Waals surface area contributed by atoms with Gasteiger partial charge in [0, 0.05) is 15.3 Å². The molecule has 1 aromatic heterocycles. The summed E-state index contributed by atoms with van der Waals surface area (Å²) >= 11 is 5.53. The van der Waals surface area contributed by atoms with Gasteiger partial charge in [0.1, 0.15) is 6.10 Å². The number of thiophene rings is 1. The summed E-state index contributed by atoms with van der Waals surface area (Å²) in [5, 5.41) is 20.7. The molecule has 2 rings (SSSR count). The zero-order valence-electron chi connectivity index (χ0n) is 8.92. The van der Waals surface area contributed by atoms with E-state index in [0.29, 0.717) is 0 Å². The summed E-state index contributed by atoms with van der Waals surface area (Å²) < 4.78 is 1.14. The molecular weight excluding hydrogens is 240 g/mol. The Morgan fingerprint density at radius 3 is 2.62 bits per heavy atom. The smallest absolute Gasteiger partial charge is 0.115 e. The number of hydrogen-bond acceptors (Lipinski definition) is 4. The van der Waals surface area contributed by atoms with Crippen LogP contribution in [0.4, 0.5) is 0 Å². The molecule has 0 fully saturated rings. The lowest BCUT2D eigenvalue weighted by Gasteiger charge is -2.15. The summed E-state index contributed by atoms with van der Waals surface area (Å²) in [5.74, 6) is 0.259. The number of aliphatic hydroxyl groups excluding tert-OH is 2. The fourth-order valence-corrected chi connectivity index (χ4v) is 3.21. The number of benzene rings is 1. The Labute approximate surface area is 104 Å². The van der Waals surface area contributed by atoms with Crippen molar-refractivity contribution in [2.45, 2.75) is 19.1 Å². The van der Waals surface area contributed by atoms with Gasteiger partial charge in [-0.3, -0.25) is 0 Å². The minimum absolute atomic E-state index is 0.259. The van der Waals surface area contributed by atoms with Crippen molar-refractivity contribution in [1.29, 1.82) is 0 Å². The lowest BCUT2D eigenvalue weighted by Crippen LogP contribution is -2.19. The van der Waals surface area contributed by atoms with Crippen molar-refractivity contribution >= 4 is 34.1 Å². The lowest BCUT2D eigenvalue weighted by molar-refractivity contribution is 0.0358. The van der Waals surface area contributed by atoms with Crippen LogP contribution in [0.3, 0.4) is 0 Å². The molecule has 0 aliphatic heterocycles. The second-order valence-electron chi connectivity index (χ2n) is 3.78. The first-order valence-corrected chi connectivity index (χ1v) is 6.55. The van der Waals surface area contributed by atoms with E-state index in [9.17, 15) is 10.2 Å². The quantitative estimate of drug-likeness (QED) is 0.737. The summed E-state index contributed by atoms with van der Waals surface area (Å²) in [4.78, 5) is 0.836. The van der Waals surface area contributed by atoms with Crippen LogP contribution in [-0.2, 0) is 0 Å². The third-order valence-electron chi connectivity index (χ3n) is 2.70. The highest BCUT2D eigenvalue weighted by molar-refractivity contribution is 7.80. The van der Waals surface area contributed by atoms with E-state index >= 15 is 0 Å². The van der Waals surface area contributed by atoms with E-state index in [2.05, 4.69) is 12.6 Å². The van der Waals surface area contributed by atoms with Crippen molar-refractivity contribution in [3.63, 3.8) is 0 Å². The molecular formula is C12H14O2S2. The highest BCUT2D eigenvalue weighted by atomic mass is 32.1. The van der Waals surface area contributed by atoms with Crippen molar-refractivity contribution in [1.82, 2.24) is 0 Å². The Kier molecular flexibility index (Phi) is 3.54. The average molecular weight is 254 g/mol. The molecule has 0 amide bonds. The topological polar surface area (TPSA) is 40.5 Å². The van der Waals surface area contributed by atoms with Gasteiger partial charge >= 0.3 is 0 Å².